The second kappa shape index (κ2) is 8.31. The van der Waals surface area contributed by atoms with Gasteiger partial charge in [-0.3, -0.25) is 9.59 Å². The van der Waals surface area contributed by atoms with Gasteiger partial charge in [0.25, 0.3) is 11.1 Å². The number of nitrogens with zero attached hydrogens (tertiary/aromatic N) is 1. The largest absolute Gasteiger partial charge is 0.479 e. The van der Waals surface area contributed by atoms with Gasteiger partial charge in [-0.2, -0.15) is 0 Å². The average Bonchev–Trinajstić information content (AvgIpc) is 2.96. The first-order chi connectivity index (χ1) is 13.4. The lowest BCUT2D eigenvalue weighted by atomic mass is 10.1. The van der Waals surface area contributed by atoms with E-state index < -0.39 is 18.0 Å². The summed E-state index contributed by atoms with van der Waals surface area (Å²) in [7, 11) is 0. The van der Waals surface area contributed by atoms with Crippen LogP contribution in [0.4, 0.5) is 10.5 Å². The van der Waals surface area contributed by atoms with E-state index in [0.717, 1.165) is 28.6 Å². The van der Waals surface area contributed by atoms with E-state index in [1.807, 2.05) is 19.1 Å². The van der Waals surface area contributed by atoms with E-state index in [1.165, 1.54) is 6.92 Å². The number of thioether (sulfide) groups is 1. The summed E-state index contributed by atoms with van der Waals surface area (Å²) in [6.07, 6.45) is 1.38. The molecule has 7 heteroatoms. The van der Waals surface area contributed by atoms with Crippen molar-refractivity contribution in [2.45, 2.75) is 26.4 Å². The molecule has 3 rings (SSSR count). The maximum Gasteiger partial charge on any atom is 0.344 e. The van der Waals surface area contributed by atoms with Crippen LogP contribution in [0.15, 0.2) is 53.4 Å². The number of amides is 2. The summed E-state index contributed by atoms with van der Waals surface area (Å²) in [4.78, 5) is 37.7. The molecule has 1 aliphatic heterocycles. The monoisotopic (exact) mass is 397 g/mol. The minimum Gasteiger partial charge on any atom is -0.479 e. The predicted molar refractivity (Wildman–Crippen MR) is 108 cm³/mol. The Hall–Kier alpha value is -3.06. The van der Waals surface area contributed by atoms with E-state index in [2.05, 4.69) is 0 Å². The molecule has 2 amide bonds. The zero-order valence-corrected chi connectivity index (χ0v) is 16.2. The SMILES string of the molecule is CCc1ccc(N2C(=O)S/C(=C/c3ccccc3OC(C)C(=O)O)C2=O)cc1. The summed E-state index contributed by atoms with van der Waals surface area (Å²) in [6.45, 7) is 3.45. The molecule has 6 nitrogen and oxygen atoms in total. The number of rotatable bonds is 6. The summed E-state index contributed by atoms with van der Waals surface area (Å²) in [5, 5.41) is 8.67. The fourth-order valence-corrected chi connectivity index (χ4v) is 3.49. The van der Waals surface area contributed by atoms with Gasteiger partial charge >= 0.3 is 5.97 Å². The van der Waals surface area contributed by atoms with Gasteiger partial charge in [0.1, 0.15) is 5.75 Å². The summed E-state index contributed by atoms with van der Waals surface area (Å²) >= 11 is 0.842. The fraction of sp³-hybridized carbons (Fsp3) is 0.190. The maximum absolute atomic E-state index is 12.8. The maximum atomic E-state index is 12.8. The van der Waals surface area contributed by atoms with Crippen LogP contribution in [0.2, 0.25) is 0 Å². The van der Waals surface area contributed by atoms with Crippen molar-refractivity contribution in [2.75, 3.05) is 4.90 Å². The van der Waals surface area contributed by atoms with Crippen LogP contribution in [-0.4, -0.2) is 28.3 Å². The van der Waals surface area contributed by atoms with Gasteiger partial charge in [0, 0.05) is 5.56 Å². The van der Waals surface area contributed by atoms with Gasteiger partial charge in [-0.25, -0.2) is 9.69 Å². The number of imide groups is 1. The fourth-order valence-electron chi connectivity index (χ4n) is 2.66. The number of para-hydroxylation sites is 1. The number of hydrogen-bond donors (Lipinski definition) is 1. The molecule has 1 N–H and O–H groups in total. The van der Waals surface area contributed by atoms with Crippen LogP contribution < -0.4 is 9.64 Å². The van der Waals surface area contributed by atoms with E-state index in [4.69, 9.17) is 9.84 Å². The number of carbonyl (C=O) groups excluding carboxylic acids is 2. The van der Waals surface area contributed by atoms with E-state index in [9.17, 15) is 14.4 Å². The van der Waals surface area contributed by atoms with Crippen LogP contribution in [-0.2, 0) is 16.0 Å². The third-order valence-electron chi connectivity index (χ3n) is 4.25. The molecule has 1 unspecified atom stereocenters. The van der Waals surface area contributed by atoms with Crippen LogP contribution in [0.1, 0.15) is 25.0 Å². The Morgan fingerprint density at radius 2 is 1.86 bits per heavy atom. The molecule has 144 valence electrons. The second-order valence-electron chi connectivity index (χ2n) is 6.17. The van der Waals surface area contributed by atoms with Crippen molar-refractivity contribution < 1.29 is 24.2 Å². The first-order valence-corrected chi connectivity index (χ1v) is 9.57. The molecule has 28 heavy (non-hydrogen) atoms. The second-order valence-corrected chi connectivity index (χ2v) is 7.17. The summed E-state index contributed by atoms with van der Waals surface area (Å²) < 4.78 is 5.45. The van der Waals surface area contributed by atoms with Crippen molar-refractivity contribution in [3.05, 3.63) is 64.6 Å². The molecule has 1 heterocycles. The highest BCUT2D eigenvalue weighted by Crippen LogP contribution is 2.37. The zero-order chi connectivity index (χ0) is 20.3. The summed E-state index contributed by atoms with van der Waals surface area (Å²) in [5.74, 6) is -1.18. The van der Waals surface area contributed by atoms with Crippen molar-refractivity contribution in [3.63, 3.8) is 0 Å². The molecule has 1 fully saturated rings. The summed E-state index contributed by atoms with van der Waals surface area (Å²) in [5.41, 5.74) is 2.17. The van der Waals surface area contributed by atoms with Gasteiger partial charge < -0.3 is 9.84 Å². The number of aryl methyl sites for hydroxylation is 1. The van der Waals surface area contributed by atoms with E-state index in [1.54, 1.807) is 42.5 Å². The molecule has 1 saturated heterocycles. The van der Waals surface area contributed by atoms with Crippen LogP contribution in [0.5, 0.6) is 5.75 Å². The Morgan fingerprint density at radius 3 is 2.50 bits per heavy atom. The van der Waals surface area contributed by atoms with Crippen molar-refractivity contribution in [3.8, 4) is 5.75 Å². The highest BCUT2D eigenvalue weighted by molar-refractivity contribution is 8.19. The Balaban J connectivity index is 1.89. The van der Waals surface area contributed by atoms with Gasteiger partial charge in [0.05, 0.1) is 10.6 Å². The van der Waals surface area contributed by atoms with Crippen molar-refractivity contribution in [2.24, 2.45) is 0 Å². The molecule has 0 aromatic heterocycles. The standard InChI is InChI=1S/C21H19NO5S/c1-3-14-8-10-16(11-9-14)22-19(23)18(28-21(22)26)12-15-6-4-5-7-17(15)27-13(2)20(24)25/h4-13H,3H2,1-2H3,(H,24,25)/b18-12+. The van der Waals surface area contributed by atoms with E-state index >= 15 is 0 Å². The number of carbonyl (C=O) groups is 3. The number of hydrogen-bond acceptors (Lipinski definition) is 5. The van der Waals surface area contributed by atoms with Gasteiger partial charge in [0.2, 0.25) is 0 Å². The minimum atomic E-state index is -1.09. The van der Waals surface area contributed by atoms with Crippen LogP contribution in [0.3, 0.4) is 0 Å². The topological polar surface area (TPSA) is 83.9 Å². The molecule has 0 aliphatic carbocycles. The van der Waals surface area contributed by atoms with Gasteiger partial charge in [-0.15, -0.1) is 0 Å². The number of carboxylic acids is 1. The lowest BCUT2D eigenvalue weighted by Gasteiger charge is -2.13. The Morgan fingerprint density at radius 1 is 1.18 bits per heavy atom. The van der Waals surface area contributed by atoms with Crippen LogP contribution in [0, 0.1) is 0 Å². The molecular weight excluding hydrogens is 378 g/mol. The third kappa shape index (κ3) is 4.09. The van der Waals surface area contributed by atoms with Crippen molar-refractivity contribution >= 4 is 40.6 Å². The molecule has 0 saturated carbocycles. The average molecular weight is 397 g/mol. The minimum absolute atomic E-state index is 0.253. The van der Waals surface area contributed by atoms with Crippen LogP contribution >= 0.6 is 11.8 Å². The smallest absolute Gasteiger partial charge is 0.344 e. The normalized spacial score (nSPS) is 16.5. The lowest BCUT2D eigenvalue weighted by Crippen LogP contribution is -2.27. The molecule has 1 aliphatic rings. The number of aliphatic carboxylic acids is 1. The Labute approximate surface area is 166 Å². The number of benzene rings is 2. The van der Waals surface area contributed by atoms with Gasteiger partial charge in [0.15, 0.2) is 6.10 Å². The highest BCUT2D eigenvalue weighted by Gasteiger charge is 2.36. The Bertz CT molecular complexity index is 952. The van der Waals surface area contributed by atoms with Crippen molar-refractivity contribution in [1.82, 2.24) is 0 Å². The zero-order valence-electron chi connectivity index (χ0n) is 15.4. The lowest BCUT2D eigenvalue weighted by molar-refractivity contribution is -0.144. The molecule has 2 aromatic carbocycles. The van der Waals surface area contributed by atoms with Crippen LogP contribution in [0.25, 0.3) is 6.08 Å². The molecule has 0 radical (unpaired) electrons. The molecule has 0 bridgehead atoms. The van der Waals surface area contributed by atoms with E-state index in [0.29, 0.717) is 17.0 Å². The predicted octanol–water partition coefficient (Wildman–Crippen LogP) is 4.34. The van der Waals surface area contributed by atoms with E-state index in [-0.39, 0.29) is 10.1 Å². The molecular formula is C21H19NO5S. The third-order valence-corrected chi connectivity index (χ3v) is 5.12. The summed E-state index contributed by atoms with van der Waals surface area (Å²) in [6, 6.07) is 14.1. The van der Waals surface area contributed by atoms with Crippen molar-refractivity contribution in [1.29, 1.82) is 0 Å². The number of carboxylic acid groups (broad SMARTS) is 1. The molecule has 0 spiro atoms. The van der Waals surface area contributed by atoms with Gasteiger partial charge in [-0.1, -0.05) is 37.3 Å². The van der Waals surface area contributed by atoms with Gasteiger partial charge in [-0.05, 0) is 54.9 Å². The Kier molecular flexibility index (Phi) is 5.84. The first kappa shape index (κ1) is 19.7. The highest BCUT2D eigenvalue weighted by atomic mass is 32.2. The quantitative estimate of drug-likeness (QED) is 0.730. The number of ether oxygens (including phenoxy) is 1. The first-order valence-electron chi connectivity index (χ1n) is 8.76. The molecule has 1 atom stereocenters. The number of anilines is 1. The molecule has 2 aromatic rings.